The van der Waals surface area contributed by atoms with Gasteiger partial charge in [0, 0.05) is 12.5 Å². The van der Waals surface area contributed by atoms with Crippen LogP contribution in [0.25, 0.3) is 0 Å². The van der Waals surface area contributed by atoms with E-state index in [1.54, 1.807) is 24.3 Å². The summed E-state index contributed by atoms with van der Waals surface area (Å²) in [5, 5.41) is 19.6. The fraction of sp³-hybridized carbons (Fsp3) is 0.647. The van der Waals surface area contributed by atoms with E-state index in [4.69, 9.17) is 4.74 Å². The first-order valence-corrected chi connectivity index (χ1v) is 10.2. The lowest BCUT2D eigenvalue weighted by atomic mass is 9.94. The Morgan fingerprint density at radius 3 is 2.52 bits per heavy atom. The van der Waals surface area contributed by atoms with E-state index >= 15 is 0 Å². The van der Waals surface area contributed by atoms with Gasteiger partial charge in [-0.2, -0.15) is 0 Å². The van der Waals surface area contributed by atoms with Gasteiger partial charge in [0.1, 0.15) is 0 Å². The Hall–Kier alpha value is -0.710. The molecule has 130 valence electrons. The predicted octanol–water partition coefficient (Wildman–Crippen LogP) is 2.90. The fourth-order valence-corrected chi connectivity index (χ4v) is 6.06. The van der Waals surface area contributed by atoms with E-state index in [2.05, 4.69) is 0 Å². The van der Waals surface area contributed by atoms with Crippen molar-refractivity contribution < 1.29 is 24.4 Å². The van der Waals surface area contributed by atoms with Gasteiger partial charge >= 0.3 is 0 Å². The minimum atomic E-state index is -3.66. The molecule has 1 aromatic rings. The molecule has 1 saturated heterocycles. The summed E-state index contributed by atoms with van der Waals surface area (Å²) < 4.78 is 18.7. The number of ether oxygens (including phenoxy) is 1. The Balaban J connectivity index is 2.33. The summed E-state index contributed by atoms with van der Waals surface area (Å²) in [7, 11) is -3.66. The minimum Gasteiger partial charge on any atom is -0.378 e. The van der Waals surface area contributed by atoms with Gasteiger partial charge in [0.25, 0.3) is 0 Å². The second-order valence-electron chi connectivity index (χ2n) is 6.29. The van der Waals surface area contributed by atoms with Crippen molar-refractivity contribution in [1.82, 2.24) is 0 Å². The summed E-state index contributed by atoms with van der Waals surface area (Å²) >= 11 is 0. The van der Waals surface area contributed by atoms with Crippen LogP contribution in [-0.4, -0.2) is 40.3 Å². The minimum absolute atomic E-state index is 0.0689. The quantitative estimate of drug-likeness (QED) is 0.499. The van der Waals surface area contributed by atoms with Gasteiger partial charge in [-0.25, -0.2) is 0 Å². The molecule has 5 nitrogen and oxygen atoms in total. The van der Waals surface area contributed by atoms with E-state index in [-0.39, 0.29) is 12.3 Å². The number of hydrogen-bond donors (Lipinski definition) is 3. The Bertz CT molecular complexity index is 513. The summed E-state index contributed by atoms with van der Waals surface area (Å²) in [6.45, 7) is 2.56. The standard InChI is InChI=1S/C17H27O5P/c1-2-7-15(17(18)19)16(13-8-4-3-5-9-13)23(20,21)12-14-10-6-11-22-14/h3-5,8-9,14-19H,2,6-7,10-12H2,1H3,(H,20,21). The van der Waals surface area contributed by atoms with Crippen molar-refractivity contribution in [3.8, 4) is 0 Å². The largest absolute Gasteiger partial charge is 0.378 e. The van der Waals surface area contributed by atoms with Crippen LogP contribution in [0.15, 0.2) is 30.3 Å². The topological polar surface area (TPSA) is 87.0 Å². The van der Waals surface area contributed by atoms with Crippen LogP contribution in [0.5, 0.6) is 0 Å². The highest BCUT2D eigenvalue weighted by molar-refractivity contribution is 7.58. The molecule has 0 aliphatic carbocycles. The Labute approximate surface area is 137 Å². The zero-order valence-corrected chi connectivity index (χ0v) is 14.4. The van der Waals surface area contributed by atoms with Gasteiger partial charge in [-0.3, -0.25) is 4.57 Å². The van der Waals surface area contributed by atoms with Gasteiger partial charge in [0.15, 0.2) is 6.29 Å². The third-order valence-corrected chi connectivity index (χ3v) is 6.96. The number of rotatable bonds is 8. The Kier molecular flexibility index (Phi) is 6.81. The van der Waals surface area contributed by atoms with Crippen LogP contribution < -0.4 is 0 Å². The highest BCUT2D eigenvalue weighted by Crippen LogP contribution is 2.61. The maximum Gasteiger partial charge on any atom is 0.210 e. The highest BCUT2D eigenvalue weighted by atomic mass is 31.2. The van der Waals surface area contributed by atoms with Crippen molar-refractivity contribution in [3.63, 3.8) is 0 Å². The maximum absolute atomic E-state index is 13.1. The molecule has 1 aromatic carbocycles. The third kappa shape index (κ3) is 4.88. The first kappa shape index (κ1) is 18.6. The average molecular weight is 342 g/mol. The molecule has 2 rings (SSSR count). The molecule has 1 heterocycles. The summed E-state index contributed by atoms with van der Waals surface area (Å²) in [6, 6.07) is 9.03. The number of hydrogen-bond acceptors (Lipinski definition) is 4. The van der Waals surface area contributed by atoms with Gasteiger partial charge in [0.05, 0.1) is 17.9 Å². The van der Waals surface area contributed by atoms with Crippen LogP contribution in [0.4, 0.5) is 0 Å². The van der Waals surface area contributed by atoms with E-state index in [0.29, 0.717) is 25.0 Å². The molecule has 4 atom stereocenters. The van der Waals surface area contributed by atoms with E-state index in [1.165, 1.54) is 0 Å². The first-order valence-electron chi connectivity index (χ1n) is 8.30. The molecule has 1 fully saturated rings. The van der Waals surface area contributed by atoms with Crippen LogP contribution in [0.2, 0.25) is 0 Å². The van der Waals surface area contributed by atoms with Crippen LogP contribution in [0.3, 0.4) is 0 Å². The van der Waals surface area contributed by atoms with Crippen LogP contribution in [0, 0.1) is 5.92 Å². The molecule has 6 heteroatoms. The lowest BCUT2D eigenvalue weighted by molar-refractivity contribution is -0.0881. The summed E-state index contributed by atoms with van der Waals surface area (Å²) in [5.74, 6) is -0.667. The van der Waals surface area contributed by atoms with Crippen LogP contribution in [0.1, 0.15) is 43.8 Å². The fourth-order valence-electron chi connectivity index (χ4n) is 3.43. The highest BCUT2D eigenvalue weighted by Gasteiger charge is 2.42. The van der Waals surface area contributed by atoms with Gasteiger partial charge in [0.2, 0.25) is 7.37 Å². The molecule has 0 radical (unpaired) electrons. The van der Waals surface area contributed by atoms with Crippen molar-refractivity contribution in [2.24, 2.45) is 5.92 Å². The number of aliphatic hydroxyl groups excluding tert-OH is 1. The maximum atomic E-state index is 13.1. The molecule has 1 aliphatic heterocycles. The lowest BCUT2D eigenvalue weighted by Gasteiger charge is -2.33. The van der Waals surface area contributed by atoms with Crippen LogP contribution in [-0.2, 0) is 9.30 Å². The third-order valence-electron chi connectivity index (χ3n) is 4.48. The smallest absolute Gasteiger partial charge is 0.210 e. The lowest BCUT2D eigenvalue weighted by Crippen LogP contribution is -2.28. The normalized spacial score (nSPS) is 23.6. The van der Waals surface area contributed by atoms with Crippen molar-refractivity contribution in [2.75, 3.05) is 12.8 Å². The summed E-state index contributed by atoms with van der Waals surface area (Å²) in [6.07, 6.45) is 1.12. The SMILES string of the molecule is CCCC(C(O)O)C(c1ccccc1)P(=O)(O)CC1CCCO1. The van der Waals surface area contributed by atoms with Gasteiger partial charge < -0.3 is 19.8 Å². The van der Waals surface area contributed by atoms with Crippen molar-refractivity contribution in [2.45, 2.75) is 50.7 Å². The number of benzene rings is 1. The molecular formula is C17H27O5P. The van der Waals surface area contributed by atoms with Crippen LogP contribution >= 0.6 is 7.37 Å². The van der Waals surface area contributed by atoms with Crippen molar-refractivity contribution in [3.05, 3.63) is 35.9 Å². The molecule has 23 heavy (non-hydrogen) atoms. The second-order valence-corrected chi connectivity index (χ2v) is 8.73. The van der Waals surface area contributed by atoms with Gasteiger partial charge in [-0.15, -0.1) is 0 Å². The molecule has 0 spiro atoms. The first-order chi connectivity index (χ1) is 11.0. The molecule has 0 saturated carbocycles. The van der Waals surface area contributed by atoms with Crippen molar-refractivity contribution >= 4 is 7.37 Å². The molecule has 1 aliphatic rings. The van der Waals surface area contributed by atoms with Crippen molar-refractivity contribution in [1.29, 1.82) is 0 Å². The van der Waals surface area contributed by atoms with E-state index in [1.807, 2.05) is 13.0 Å². The summed E-state index contributed by atoms with van der Waals surface area (Å²) in [4.78, 5) is 10.8. The monoisotopic (exact) mass is 342 g/mol. The molecule has 0 aromatic heterocycles. The molecule has 0 amide bonds. The Morgan fingerprint density at radius 1 is 1.30 bits per heavy atom. The molecular weight excluding hydrogens is 315 g/mol. The van der Waals surface area contributed by atoms with E-state index < -0.39 is 25.2 Å². The predicted molar refractivity (Wildman–Crippen MR) is 89.5 cm³/mol. The molecule has 4 unspecified atom stereocenters. The molecule has 3 N–H and O–H groups in total. The second kappa shape index (κ2) is 8.41. The Morgan fingerprint density at radius 2 is 2.00 bits per heavy atom. The zero-order valence-electron chi connectivity index (χ0n) is 13.5. The van der Waals surface area contributed by atoms with Gasteiger partial charge in [-0.1, -0.05) is 43.7 Å². The average Bonchev–Trinajstić information content (AvgIpc) is 2.99. The summed E-state index contributed by atoms with van der Waals surface area (Å²) in [5.41, 5.74) is -0.101. The number of aliphatic hydroxyl groups is 2. The van der Waals surface area contributed by atoms with E-state index in [0.717, 1.165) is 12.8 Å². The van der Waals surface area contributed by atoms with E-state index in [9.17, 15) is 19.7 Å². The van der Waals surface area contributed by atoms with Gasteiger partial charge in [-0.05, 0) is 24.8 Å². The molecule has 0 bridgehead atoms. The zero-order chi connectivity index (χ0) is 16.9.